The Hall–Kier alpha value is -4.34. The molecule has 0 aliphatic carbocycles. The van der Waals surface area contributed by atoms with Crippen LogP contribution in [-0.4, -0.2) is 30.3 Å². The van der Waals surface area contributed by atoms with Gasteiger partial charge in [-0.05, 0) is 54.1 Å². The van der Waals surface area contributed by atoms with E-state index in [0.717, 1.165) is 29.2 Å². The first kappa shape index (κ1) is 23.8. The minimum Gasteiger partial charge on any atom is -0.507 e. The molecular weight excluding hydrogens is 470 g/mol. The van der Waals surface area contributed by atoms with Crippen molar-refractivity contribution in [3.63, 3.8) is 0 Å². The SMILES string of the molecule is COc1cccc(C2/C(=C(\O)c3ccc(F)cc3)C(=O)C(=O)N2c2cccc(OC(F)(F)F)c2)c1. The zero-order valence-electron chi connectivity index (χ0n) is 18.0. The van der Waals surface area contributed by atoms with Gasteiger partial charge < -0.3 is 14.6 Å². The first-order chi connectivity index (χ1) is 16.6. The van der Waals surface area contributed by atoms with Crippen molar-refractivity contribution in [2.75, 3.05) is 12.0 Å². The molecule has 0 saturated carbocycles. The molecule has 0 aromatic heterocycles. The number of anilines is 1. The fourth-order valence-corrected chi connectivity index (χ4v) is 3.82. The van der Waals surface area contributed by atoms with Gasteiger partial charge in [-0.2, -0.15) is 0 Å². The van der Waals surface area contributed by atoms with Crippen LogP contribution in [0.3, 0.4) is 0 Å². The zero-order valence-corrected chi connectivity index (χ0v) is 18.0. The molecule has 3 aromatic carbocycles. The minimum atomic E-state index is -4.97. The van der Waals surface area contributed by atoms with Crippen LogP contribution in [0.1, 0.15) is 17.2 Å². The lowest BCUT2D eigenvalue weighted by Gasteiger charge is -2.26. The van der Waals surface area contributed by atoms with Gasteiger partial charge in [0.1, 0.15) is 23.1 Å². The van der Waals surface area contributed by atoms with E-state index in [4.69, 9.17) is 4.74 Å². The summed E-state index contributed by atoms with van der Waals surface area (Å²) in [5, 5.41) is 11.0. The van der Waals surface area contributed by atoms with Gasteiger partial charge in [0.15, 0.2) is 0 Å². The molecule has 1 heterocycles. The van der Waals surface area contributed by atoms with Gasteiger partial charge in [-0.1, -0.05) is 18.2 Å². The number of nitrogens with zero attached hydrogens (tertiary/aromatic N) is 1. The zero-order chi connectivity index (χ0) is 25.3. The van der Waals surface area contributed by atoms with Crippen molar-refractivity contribution >= 4 is 23.1 Å². The number of aliphatic hydroxyl groups is 1. The average molecular weight is 487 g/mol. The molecule has 0 spiro atoms. The number of carbonyl (C=O) groups excluding carboxylic acids is 2. The van der Waals surface area contributed by atoms with Gasteiger partial charge in [0.25, 0.3) is 11.7 Å². The number of hydrogen-bond donors (Lipinski definition) is 1. The maximum Gasteiger partial charge on any atom is 0.573 e. The topological polar surface area (TPSA) is 76.1 Å². The second-order valence-corrected chi connectivity index (χ2v) is 7.50. The van der Waals surface area contributed by atoms with Crippen molar-refractivity contribution in [2.45, 2.75) is 12.4 Å². The van der Waals surface area contributed by atoms with Gasteiger partial charge in [-0.25, -0.2) is 4.39 Å². The van der Waals surface area contributed by atoms with Crippen LogP contribution in [0.5, 0.6) is 11.5 Å². The van der Waals surface area contributed by atoms with E-state index in [0.29, 0.717) is 11.3 Å². The summed E-state index contributed by atoms with van der Waals surface area (Å²) in [4.78, 5) is 27.2. The summed E-state index contributed by atoms with van der Waals surface area (Å²) in [7, 11) is 1.41. The molecule has 1 aliphatic rings. The van der Waals surface area contributed by atoms with E-state index in [-0.39, 0.29) is 16.8 Å². The molecule has 1 saturated heterocycles. The van der Waals surface area contributed by atoms with Crippen LogP contribution in [0.4, 0.5) is 23.2 Å². The predicted octanol–water partition coefficient (Wildman–Crippen LogP) is 5.36. The molecule has 1 amide bonds. The Bertz CT molecular complexity index is 1320. The third kappa shape index (κ3) is 4.81. The Morgan fingerprint density at radius 3 is 2.26 bits per heavy atom. The number of amides is 1. The smallest absolute Gasteiger partial charge is 0.507 e. The molecule has 1 aliphatic heterocycles. The van der Waals surface area contributed by atoms with Crippen LogP contribution in [0, 0.1) is 5.82 Å². The molecule has 180 valence electrons. The van der Waals surface area contributed by atoms with Crippen LogP contribution in [0.15, 0.2) is 78.4 Å². The van der Waals surface area contributed by atoms with Crippen LogP contribution < -0.4 is 14.4 Å². The Balaban J connectivity index is 1.91. The number of rotatable bonds is 5. The largest absolute Gasteiger partial charge is 0.573 e. The van der Waals surface area contributed by atoms with Crippen molar-refractivity contribution in [3.8, 4) is 11.5 Å². The molecular formula is C25H17F4NO5. The van der Waals surface area contributed by atoms with Gasteiger partial charge in [-0.15, -0.1) is 13.2 Å². The number of benzene rings is 3. The van der Waals surface area contributed by atoms with Gasteiger partial charge in [0.05, 0.1) is 18.7 Å². The van der Waals surface area contributed by atoms with E-state index in [9.17, 15) is 32.3 Å². The molecule has 10 heteroatoms. The van der Waals surface area contributed by atoms with Gasteiger partial charge in [0.2, 0.25) is 0 Å². The number of ketones is 1. The standard InChI is InChI=1S/C25H17F4NO5/c1-34-18-6-2-4-15(12-18)21-20(22(31)14-8-10-16(26)11-9-14)23(32)24(33)30(21)17-5-3-7-19(13-17)35-25(27,28)29/h2-13,21,31H,1H3/b22-20+. The third-order valence-corrected chi connectivity index (χ3v) is 5.30. The second kappa shape index (κ2) is 9.13. The fraction of sp³-hybridized carbons (Fsp3) is 0.120. The Morgan fingerprint density at radius 1 is 0.943 bits per heavy atom. The molecule has 4 rings (SSSR count). The summed E-state index contributed by atoms with van der Waals surface area (Å²) in [6.07, 6.45) is -4.97. The molecule has 1 fully saturated rings. The second-order valence-electron chi connectivity index (χ2n) is 7.50. The third-order valence-electron chi connectivity index (χ3n) is 5.30. The van der Waals surface area contributed by atoms with Gasteiger partial charge in [0, 0.05) is 17.3 Å². The molecule has 0 bridgehead atoms. The van der Waals surface area contributed by atoms with Crippen molar-refractivity contribution in [2.24, 2.45) is 0 Å². The maximum atomic E-state index is 13.4. The van der Waals surface area contributed by atoms with E-state index in [1.54, 1.807) is 18.2 Å². The molecule has 35 heavy (non-hydrogen) atoms. The van der Waals surface area contributed by atoms with E-state index < -0.39 is 41.4 Å². The summed E-state index contributed by atoms with van der Waals surface area (Å²) in [6, 6.07) is 14.3. The summed E-state index contributed by atoms with van der Waals surface area (Å²) in [6.45, 7) is 0. The lowest BCUT2D eigenvalue weighted by Crippen LogP contribution is -2.29. The number of aliphatic hydroxyl groups excluding tert-OH is 1. The lowest BCUT2D eigenvalue weighted by atomic mass is 9.95. The van der Waals surface area contributed by atoms with Crippen molar-refractivity contribution in [1.29, 1.82) is 0 Å². The Kier molecular flexibility index (Phi) is 6.21. The highest BCUT2D eigenvalue weighted by atomic mass is 19.4. The number of halogens is 4. The van der Waals surface area contributed by atoms with Crippen LogP contribution in [-0.2, 0) is 9.59 Å². The number of methoxy groups -OCH3 is 1. The highest BCUT2D eigenvalue weighted by molar-refractivity contribution is 6.51. The van der Waals surface area contributed by atoms with Crippen LogP contribution in [0.2, 0.25) is 0 Å². The van der Waals surface area contributed by atoms with E-state index >= 15 is 0 Å². The molecule has 0 radical (unpaired) electrons. The van der Waals surface area contributed by atoms with Gasteiger partial charge in [-0.3, -0.25) is 14.5 Å². The quantitative estimate of drug-likeness (QED) is 0.227. The number of alkyl halides is 3. The highest BCUT2D eigenvalue weighted by Crippen LogP contribution is 2.43. The number of Topliss-reactive ketones (excluding diaryl/α,β-unsaturated/α-hetero) is 1. The summed E-state index contributed by atoms with van der Waals surface area (Å²) < 4.78 is 60.9. The number of carbonyl (C=O) groups is 2. The first-order valence-electron chi connectivity index (χ1n) is 10.2. The van der Waals surface area contributed by atoms with E-state index in [1.807, 2.05) is 0 Å². The minimum absolute atomic E-state index is 0.0696. The molecule has 6 nitrogen and oxygen atoms in total. The van der Waals surface area contributed by atoms with Gasteiger partial charge >= 0.3 is 6.36 Å². The maximum absolute atomic E-state index is 13.4. The average Bonchev–Trinajstić information content (AvgIpc) is 3.08. The van der Waals surface area contributed by atoms with Crippen LogP contribution >= 0.6 is 0 Å². The van der Waals surface area contributed by atoms with Crippen molar-refractivity contribution < 1.29 is 41.7 Å². The summed E-state index contributed by atoms with van der Waals surface area (Å²) >= 11 is 0. The van der Waals surface area contributed by atoms with Crippen molar-refractivity contribution in [1.82, 2.24) is 0 Å². The predicted molar refractivity (Wildman–Crippen MR) is 117 cm³/mol. The highest BCUT2D eigenvalue weighted by Gasteiger charge is 2.47. The van der Waals surface area contributed by atoms with E-state index in [2.05, 4.69) is 4.74 Å². The number of hydrogen-bond acceptors (Lipinski definition) is 5. The van der Waals surface area contributed by atoms with Crippen molar-refractivity contribution in [3.05, 3.63) is 95.3 Å². The summed E-state index contributed by atoms with van der Waals surface area (Å²) in [5.74, 6) is -3.51. The van der Waals surface area contributed by atoms with Crippen LogP contribution in [0.25, 0.3) is 5.76 Å². The monoisotopic (exact) mass is 487 g/mol. The molecule has 1 atom stereocenters. The lowest BCUT2D eigenvalue weighted by molar-refractivity contribution is -0.274. The molecule has 3 aromatic rings. The Morgan fingerprint density at radius 2 is 1.60 bits per heavy atom. The first-order valence-corrected chi connectivity index (χ1v) is 10.2. The van der Waals surface area contributed by atoms with E-state index in [1.165, 1.54) is 37.4 Å². The molecule has 1 unspecified atom stereocenters. The summed E-state index contributed by atoms with van der Waals surface area (Å²) in [5.41, 5.74) is 0.0256. The number of ether oxygens (including phenoxy) is 2. The fourth-order valence-electron chi connectivity index (χ4n) is 3.82. The Labute approximate surface area is 196 Å². The molecule has 1 N–H and O–H groups in total. The normalized spacial score (nSPS) is 17.5.